The van der Waals surface area contributed by atoms with E-state index in [0.717, 1.165) is 11.1 Å². The van der Waals surface area contributed by atoms with Gasteiger partial charge in [-0.25, -0.2) is 0 Å². The van der Waals surface area contributed by atoms with Crippen LogP contribution in [0.25, 0.3) is 6.08 Å². The van der Waals surface area contributed by atoms with Gasteiger partial charge in [-0.2, -0.15) is 5.26 Å². The van der Waals surface area contributed by atoms with E-state index in [1.807, 2.05) is 36.4 Å². The van der Waals surface area contributed by atoms with Gasteiger partial charge in [0.25, 0.3) is 0 Å². The first kappa shape index (κ1) is 20.4. The molecule has 0 bridgehead atoms. The third kappa shape index (κ3) is 4.41. The molecule has 1 aliphatic heterocycles. The van der Waals surface area contributed by atoms with Crippen LogP contribution >= 0.6 is 11.6 Å². The number of esters is 1. The average Bonchev–Trinajstić information content (AvgIpc) is 2.70. The summed E-state index contributed by atoms with van der Waals surface area (Å²) in [4.78, 5) is 26.3. The number of nitrogens with zero attached hydrogens (tertiary/aromatic N) is 2. The summed E-state index contributed by atoms with van der Waals surface area (Å²) >= 11 is 6.21. The van der Waals surface area contributed by atoms with Crippen LogP contribution in [0.15, 0.2) is 42.6 Å². The molecule has 3 rings (SSSR count). The second-order valence-electron chi connectivity index (χ2n) is 6.40. The Hall–Kier alpha value is -3.30. The number of ether oxygens (including phenoxy) is 2. The molecule has 7 heteroatoms. The van der Waals surface area contributed by atoms with Gasteiger partial charge in [0, 0.05) is 19.2 Å². The van der Waals surface area contributed by atoms with Gasteiger partial charge in [-0.05, 0) is 30.2 Å². The number of amides is 1. The van der Waals surface area contributed by atoms with Crippen molar-refractivity contribution in [3.05, 3.63) is 64.3 Å². The fourth-order valence-electron chi connectivity index (χ4n) is 3.22. The van der Waals surface area contributed by atoms with E-state index < -0.39 is 12.0 Å². The minimum absolute atomic E-state index is 0.0616. The van der Waals surface area contributed by atoms with Crippen LogP contribution in [-0.2, 0) is 9.59 Å². The molecule has 1 heterocycles. The lowest BCUT2D eigenvalue weighted by Crippen LogP contribution is -2.33. The molecule has 0 saturated heterocycles. The summed E-state index contributed by atoms with van der Waals surface area (Å²) in [6.07, 6.45) is 3.44. The molecule has 6 nitrogen and oxygen atoms in total. The molecule has 29 heavy (non-hydrogen) atoms. The van der Waals surface area contributed by atoms with Gasteiger partial charge in [-0.3, -0.25) is 9.59 Å². The van der Waals surface area contributed by atoms with Gasteiger partial charge in [0.1, 0.15) is 0 Å². The first-order chi connectivity index (χ1) is 13.9. The number of carbonyl (C=O) groups is 2. The van der Waals surface area contributed by atoms with Crippen molar-refractivity contribution in [3.63, 3.8) is 0 Å². The first-order valence-corrected chi connectivity index (χ1v) is 9.45. The van der Waals surface area contributed by atoms with E-state index in [9.17, 15) is 9.59 Å². The maximum atomic E-state index is 12.8. The van der Waals surface area contributed by atoms with E-state index >= 15 is 0 Å². The van der Waals surface area contributed by atoms with Crippen LogP contribution in [-0.4, -0.2) is 23.4 Å². The predicted octanol–water partition coefficient (Wildman–Crippen LogP) is 4.48. The summed E-state index contributed by atoms with van der Waals surface area (Å²) in [7, 11) is 0. The number of halogens is 1. The van der Waals surface area contributed by atoms with Crippen molar-refractivity contribution in [1.29, 1.82) is 5.26 Å². The van der Waals surface area contributed by atoms with E-state index in [-0.39, 0.29) is 28.8 Å². The molecule has 0 fully saturated rings. The van der Waals surface area contributed by atoms with Crippen molar-refractivity contribution < 1.29 is 19.1 Å². The van der Waals surface area contributed by atoms with Gasteiger partial charge in [-0.15, -0.1) is 0 Å². The lowest BCUT2D eigenvalue weighted by molar-refractivity contribution is -0.137. The molecule has 1 atom stereocenters. The third-order valence-electron chi connectivity index (χ3n) is 4.48. The van der Waals surface area contributed by atoms with Gasteiger partial charge in [0.05, 0.1) is 35.7 Å². The molecule has 0 radical (unpaired) electrons. The molecule has 148 valence electrons. The Morgan fingerprint density at radius 3 is 2.72 bits per heavy atom. The van der Waals surface area contributed by atoms with E-state index in [2.05, 4.69) is 0 Å². The number of fused-ring (bicyclic) bond motifs is 1. The molecule has 1 unspecified atom stereocenters. The number of benzene rings is 2. The Morgan fingerprint density at radius 2 is 2.03 bits per heavy atom. The second kappa shape index (κ2) is 8.80. The molecule has 1 aliphatic rings. The summed E-state index contributed by atoms with van der Waals surface area (Å²) in [6.45, 7) is 3.53. The zero-order valence-electron chi connectivity index (χ0n) is 16.0. The van der Waals surface area contributed by atoms with Crippen LogP contribution in [0.5, 0.6) is 11.5 Å². The Bertz CT molecular complexity index is 1030. The SMILES string of the molecule is CCOc1cc(C#N)cc(Cl)c1OC(=O)CC1c2ccccc2C=CN1C(C)=O. The summed E-state index contributed by atoms with van der Waals surface area (Å²) < 4.78 is 11.0. The fourth-order valence-corrected chi connectivity index (χ4v) is 3.47. The maximum Gasteiger partial charge on any atom is 0.313 e. The lowest BCUT2D eigenvalue weighted by Gasteiger charge is -2.32. The average molecular weight is 411 g/mol. The van der Waals surface area contributed by atoms with Crippen LogP contribution in [0.3, 0.4) is 0 Å². The highest BCUT2D eigenvalue weighted by atomic mass is 35.5. The van der Waals surface area contributed by atoms with Crippen molar-refractivity contribution in [2.75, 3.05) is 6.61 Å². The molecule has 0 aliphatic carbocycles. The van der Waals surface area contributed by atoms with E-state index in [1.165, 1.54) is 24.0 Å². The van der Waals surface area contributed by atoms with Gasteiger partial charge in [-0.1, -0.05) is 35.9 Å². The second-order valence-corrected chi connectivity index (χ2v) is 6.80. The van der Waals surface area contributed by atoms with Gasteiger partial charge in [0.2, 0.25) is 5.91 Å². The van der Waals surface area contributed by atoms with E-state index in [1.54, 1.807) is 13.1 Å². The summed E-state index contributed by atoms with van der Waals surface area (Å²) in [5.74, 6) is -0.470. The van der Waals surface area contributed by atoms with Crippen LogP contribution < -0.4 is 9.47 Å². The van der Waals surface area contributed by atoms with Crippen LogP contribution in [0.2, 0.25) is 5.02 Å². The van der Waals surface area contributed by atoms with Crippen molar-refractivity contribution in [3.8, 4) is 17.6 Å². The number of carbonyl (C=O) groups excluding carboxylic acids is 2. The normalized spacial score (nSPS) is 14.7. The molecule has 0 saturated carbocycles. The summed E-state index contributed by atoms with van der Waals surface area (Å²) in [5.41, 5.74) is 2.10. The smallest absolute Gasteiger partial charge is 0.313 e. The van der Waals surface area contributed by atoms with E-state index in [0.29, 0.717) is 12.2 Å². The lowest BCUT2D eigenvalue weighted by atomic mass is 9.94. The molecule has 2 aromatic carbocycles. The number of rotatable bonds is 5. The predicted molar refractivity (Wildman–Crippen MR) is 108 cm³/mol. The minimum atomic E-state index is -0.570. The van der Waals surface area contributed by atoms with Crippen molar-refractivity contribution in [2.24, 2.45) is 0 Å². The number of nitriles is 1. The Kier molecular flexibility index (Phi) is 6.20. The van der Waals surface area contributed by atoms with Crippen molar-refractivity contribution >= 4 is 29.6 Å². The summed E-state index contributed by atoms with van der Waals surface area (Å²) in [6, 6.07) is 11.9. The zero-order valence-corrected chi connectivity index (χ0v) is 16.8. The van der Waals surface area contributed by atoms with Gasteiger partial charge >= 0.3 is 5.97 Å². The standard InChI is InChI=1S/C22H19ClN2O4/c1-3-28-20-11-15(13-24)10-18(23)22(20)29-21(27)12-19-17-7-5-4-6-16(17)8-9-25(19)14(2)26/h4-11,19H,3,12H2,1-2H3. The Morgan fingerprint density at radius 1 is 1.28 bits per heavy atom. The molecule has 0 spiro atoms. The van der Waals surface area contributed by atoms with Crippen LogP contribution in [0.1, 0.15) is 43.0 Å². The zero-order chi connectivity index (χ0) is 21.0. The molecule has 1 amide bonds. The molecular weight excluding hydrogens is 392 g/mol. The highest BCUT2D eigenvalue weighted by Crippen LogP contribution is 2.38. The first-order valence-electron chi connectivity index (χ1n) is 9.07. The molecular formula is C22H19ClN2O4. The highest BCUT2D eigenvalue weighted by molar-refractivity contribution is 6.32. The Balaban J connectivity index is 1.88. The van der Waals surface area contributed by atoms with Crippen LogP contribution in [0, 0.1) is 11.3 Å². The number of hydrogen-bond acceptors (Lipinski definition) is 5. The fraction of sp³-hybridized carbons (Fsp3) is 0.227. The van der Waals surface area contributed by atoms with Crippen molar-refractivity contribution in [2.45, 2.75) is 26.3 Å². The largest absolute Gasteiger partial charge is 0.490 e. The maximum absolute atomic E-state index is 12.8. The molecule has 0 N–H and O–H groups in total. The highest BCUT2D eigenvalue weighted by Gasteiger charge is 2.29. The van der Waals surface area contributed by atoms with Gasteiger partial charge < -0.3 is 14.4 Å². The minimum Gasteiger partial charge on any atom is -0.490 e. The van der Waals surface area contributed by atoms with Crippen LogP contribution in [0.4, 0.5) is 0 Å². The quantitative estimate of drug-likeness (QED) is 0.536. The summed E-state index contributed by atoms with van der Waals surface area (Å²) in [5, 5.41) is 9.21. The van der Waals surface area contributed by atoms with E-state index in [4.69, 9.17) is 26.3 Å². The monoisotopic (exact) mass is 410 g/mol. The Labute approximate surface area is 173 Å². The number of hydrogen-bond donors (Lipinski definition) is 0. The third-order valence-corrected chi connectivity index (χ3v) is 4.76. The topological polar surface area (TPSA) is 79.6 Å². The molecule has 2 aromatic rings. The van der Waals surface area contributed by atoms with Crippen molar-refractivity contribution in [1.82, 2.24) is 4.90 Å². The van der Waals surface area contributed by atoms with Gasteiger partial charge in [0.15, 0.2) is 11.5 Å². The molecule has 0 aromatic heterocycles.